The van der Waals surface area contributed by atoms with E-state index in [1.54, 1.807) is 0 Å². The van der Waals surface area contributed by atoms with Crippen molar-refractivity contribution in [3.05, 3.63) is 36.5 Å². The molecule has 0 amide bonds. The van der Waals surface area contributed by atoms with Crippen LogP contribution in [0.25, 0.3) is 0 Å². The van der Waals surface area contributed by atoms with Crippen LogP contribution in [0.3, 0.4) is 0 Å². The molecule has 0 N–H and O–H groups in total. The second kappa shape index (κ2) is 8.93. The van der Waals surface area contributed by atoms with E-state index in [-0.39, 0.29) is 5.92 Å². The maximum atomic E-state index is 12.3. The number of nitrogens with zero attached hydrogens (tertiary/aromatic N) is 2. The van der Waals surface area contributed by atoms with Crippen molar-refractivity contribution in [2.45, 2.75) is 39.0 Å². The maximum Gasteiger partial charge on any atom is 0.160 e. The zero-order chi connectivity index (χ0) is 17.5. The first-order chi connectivity index (χ1) is 12.3. The largest absolute Gasteiger partial charge is 0.492 e. The minimum absolute atomic E-state index is 0.268. The smallest absolute Gasteiger partial charge is 0.160 e. The van der Waals surface area contributed by atoms with Crippen molar-refractivity contribution in [3.63, 3.8) is 0 Å². The summed E-state index contributed by atoms with van der Waals surface area (Å²) in [7, 11) is 0. The summed E-state index contributed by atoms with van der Waals surface area (Å²) in [4.78, 5) is 16.9. The minimum atomic E-state index is 0.268. The van der Waals surface area contributed by atoms with Gasteiger partial charge in [0, 0.05) is 38.3 Å². The Hall–Kier alpha value is -1.97. The molecule has 1 aromatic carbocycles. The van der Waals surface area contributed by atoms with E-state index in [0.29, 0.717) is 12.4 Å². The normalized spacial score (nSPS) is 19.4. The predicted octanol–water partition coefficient (Wildman–Crippen LogP) is 3.87. The molecule has 1 aromatic rings. The molecule has 4 nitrogen and oxygen atoms in total. The fraction of sp³-hybridized carbons (Fsp3) is 0.571. The first-order valence-electron chi connectivity index (χ1n) is 9.71. The summed E-state index contributed by atoms with van der Waals surface area (Å²) >= 11 is 0. The number of carbonyl (C=O) groups is 1. The molecule has 0 atom stereocenters. The highest BCUT2D eigenvalue weighted by Crippen LogP contribution is 2.29. The molecule has 136 valence electrons. The molecule has 0 aromatic heterocycles. The monoisotopic (exact) mass is 342 g/mol. The summed E-state index contributed by atoms with van der Waals surface area (Å²) in [5, 5.41) is 0. The summed E-state index contributed by atoms with van der Waals surface area (Å²) in [6, 6.07) is 8.24. The van der Waals surface area contributed by atoms with Gasteiger partial charge in [-0.25, -0.2) is 0 Å². The number of hydrogen-bond acceptors (Lipinski definition) is 4. The predicted molar refractivity (Wildman–Crippen MR) is 102 cm³/mol. The molecular weight excluding hydrogens is 312 g/mol. The number of rotatable bonds is 6. The van der Waals surface area contributed by atoms with Gasteiger partial charge in [-0.3, -0.25) is 4.79 Å². The Bertz CT molecular complexity index is 585. The zero-order valence-electron chi connectivity index (χ0n) is 15.3. The van der Waals surface area contributed by atoms with Gasteiger partial charge in [0.25, 0.3) is 0 Å². The molecule has 25 heavy (non-hydrogen) atoms. The lowest BCUT2D eigenvalue weighted by atomic mass is 9.86. The maximum absolute atomic E-state index is 12.3. The molecule has 0 spiro atoms. The molecule has 0 unspecified atom stereocenters. The lowest BCUT2D eigenvalue weighted by Gasteiger charge is -2.36. The van der Waals surface area contributed by atoms with Crippen LogP contribution in [0.4, 0.5) is 5.69 Å². The first kappa shape index (κ1) is 17.8. The Morgan fingerprint density at radius 2 is 1.84 bits per heavy atom. The molecule has 3 rings (SSSR count). The zero-order valence-corrected chi connectivity index (χ0v) is 15.3. The van der Waals surface area contributed by atoms with Crippen LogP contribution in [0.5, 0.6) is 5.75 Å². The number of carbonyl (C=O) groups excluding carboxylic acids is 1. The molecule has 1 aliphatic heterocycles. The second-order valence-corrected chi connectivity index (χ2v) is 6.98. The Morgan fingerprint density at radius 1 is 1.12 bits per heavy atom. The SMILES string of the molecule is CCOc1ccccc1N1CCN(/C=C/C(=O)C2CCCCC2)CC1. The number of ether oxygens (including phenoxy) is 1. The standard InChI is InChI=1S/C21H30N2O2/c1-2-25-21-11-7-6-10-19(21)23-16-14-22(15-17-23)13-12-20(24)18-8-4-3-5-9-18/h6-7,10-13,18H,2-5,8-9,14-17H2,1H3/b13-12+. The molecule has 1 saturated heterocycles. The van der Waals surface area contributed by atoms with Gasteiger partial charge in [0.1, 0.15) is 5.75 Å². The van der Waals surface area contributed by atoms with Crippen LogP contribution in [-0.4, -0.2) is 43.5 Å². The minimum Gasteiger partial charge on any atom is -0.492 e. The summed E-state index contributed by atoms with van der Waals surface area (Å²) in [5.74, 6) is 1.55. The van der Waals surface area contributed by atoms with Gasteiger partial charge in [-0.2, -0.15) is 0 Å². The van der Waals surface area contributed by atoms with Crippen LogP contribution in [0, 0.1) is 5.92 Å². The highest BCUT2D eigenvalue weighted by molar-refractivity contribution is 5.91. The van der Waals surface area contributed by atoms with E-state index in [9.17, 15) is 4.79 Å². The van der Waals surface area contributed by atoms with Crippen LogP contribution in [0.15, 0.2) is 36.5 Å². The summed E-state index contributed by atoms with van der Waals surface area (Å²) in [6.07, 6.45) is 9.70. The Balaban J connectivity index is 1.52. The van der Waals surface area contributed by atoms with E-state index < -0.39 is 0 Å². The third kappa shape index (κ3) is 4.77. The topological polar surface area (TPSA) is 32.8 Å². The molecule has 0 bridgehead atoms. The van der Waals surface area contributed by atoms with Crippen molar-refractivity contribution < 1.29 is 9.53 Å². The Kier molecular flexibility index (Phi) is 6.37. The number of anilines is 1. The van der Waals surface area contributed by atoms with E-state index in [1.807, 2.05) is 31.3 Å². The lowest BCUT2D eigenvalue weighted by molar-refractivity contribution is -0.119. The summed E-state index contributed by atoms with van der Waals surface area (Å²) < 4.78 is 5.75. The Morgan fingerprint density at radius 3 is 2.56 bits per heavy atom. The lowest BCUT2D eigenvalue weighted by Crippen LogP contribution is -2.44. The van der Waals surface area contributed by atoms with Crippen LogP contribution < -0.4 is 9.64 Å². The van der Waals surface area contributed by atoms with E-state index in [1.165, 1.54) is 24.9 Å². The summed E-state index contributed by atoms with van der Waals surface area (Å²) in [5.41, 5.74) is 1.17. The quantitative estimate of drug-likeness (QED) is 0.735. The van der Waals surface area contributed by atoms with Crippen molar-refractivity contribution in [3.8, 4) is 5.75 Å². The molecule has 1 saturated carbocycles. The van der Waals surface area contributed by atoms with Crippen LogP contribution in [0.2, 0.25) is 0 Å². The van der Waals surface area contributed by atoms with Gasteiger partial charge in [0.05, 0.1) is 12.3 Å². The van der Waals surface area contributed by atoms with Crippen molar-refractivity contribution in [2.75, 3.05) is 37.7 Å². The Labute approximate surface area is 151 Å². The van der Waals surface area contributed by atoms with Crippen molar-refractivity contribution >= 4 is 11.5 Å². The van der Waals surface area contributed by atoms with E-state index in [0.717, 1.165) is 44.8 Å². The highest BCUT2D eigenvalue weighted by atomic mass is 16.5. The number of piperazine rings is 1. The molecule has 2 fully saturated rings. The average molecular weight is 342 g/mol. The van der Waals surface area contributed by atoms with Crippen molar-refractivity contribution in [1.82, 2.24) is 4.90 Å². The number of allylic oxidation sites excluding steroid dienone is 1. The molecule has 2 aliphatic rings. The fourth-order valence-corrected chi connectivity index (χ4v) is 3.81. The molecule has 1 aliphatic carbocycles. The molecular formula is C21H30N2O2. The van der Waals surface area contributed by atoms with E-state index in [2.05, 4.69) is 21.9 Å². The molecule has 4 heteroatoms. The van der Waals surface area contributed by atoms with Crippen LogP contribution in [-0.2, 0) is 4.79 Å². The fourth-order valence-electron chi connectivity index (χ4n) is 3.81. The van der Waals surface area contributed by atoms with Gasteiger partial charge < -0.3 is 14.5 Å². The van der Waals surface area contributed by atoms with Crippen molar-refractivity contribution in [1.29, 1.82) is 0 Å². The second-order valence-electron chi connectivity index (χ2n) is 6.98. The number of ketones is 1. The van der Waals surface area contributed by atoms with Gasteiger partial charge in [-0.15, -0.1) is 0 Å². The average Bonchev–Trinajstić information content (AvgIpc) is 2.68. The number of hydrogen-bond donors (Lipinski definition) is 0. The van der Waals surface area contributed by atoms with Crippen LogP contribution >= 0.6 is 0 Å². The van der Waals surface area contributed by atoms with Gasteiger partial charge in [0.2, 0.25) is 0 Å². The first-order valence-corrected chi connectivity index (χ1v) is 9.71. The van der Waals surface area contributed by atoms with Crippen molar-refractivity contribution in [2.24, 2.45) is 5.92 Å². The third-order valence-electron chi connectivity index (χ3n) is 5.28. The van der Waals surface area contributed by atoms with Gasteiger partial charge in [-0.05, 0) is 38.0 Å². The van der Waals surface area contributed by atoms with Gasteiger partial charge >= 0.3 is 0 Å². The highest BCUT2D eigenvalue weighted by Gasteiger charge is 2.20. The van der Waals surface area contributed by atoms with Crippen LogP contribution in [0.1, 0.15) is 39.0 Å². The van der Waals surface area contributed by atoms with Gasteiger partial charge in [0.15, 0.2) is 5.78 Å². The number of para-hydroxylation sites is 2. The number of benzene rings is 1. The molecule has 0 radical (unpaired) electrons. The van der Waals surface area contributed by atoms with E-state index >= 15 is 0 Å². The molecule has 1 heterocycles. The van der Waals surface area contributed by atoms with E-state index in [4.69, 9.17) is 4.74 Å². The third-order valence-corrected chi connectivity index (χ3v) is 5.28. The van der Waals surface area contributed by atoms with Gasteiger partial charge in [-0.1, -0.05) is 31.4 Å². The summed E-state index contributed by atoms with van der Waals surface area (Å²) in [6.45, 7) is 6.48.